The van der Waals surface area contributed by atoms with E-state index >= 15 is 0 Å². The number of nitrogens with zero attached hydrogens (tertiary/aromatic N) is 4. The zero-order valence-electron chi connectivity index (χ0n) is 12.2. The molecule has 6 nitrogen and oxygen atoms in total. The van der Waals surface area contributed by atoms with Crippen molar-refractivity contribution in [2.75, 3.05) is 5.32 Å². The minimum atomic E-state index is 0.271. The van der Waals surface area contributed by atoms with E-state index in [1.165, 1.54) is 12.4 Å². The van der Waals surface area contributed by atoms with Crippen LogP contribution in [0.3, 0.4) is 0 Å². The molecule has 23 heavy (non-hydrogen) atoms. The Labute approximate surface area is 137 Å². The lowest BCUT2D eigenvalue weighted by molar-refractivity contribution is 0.515. The largest absolute Gasteiger partial charge is 0.438 e. The molecule has 0 fully saturated rings. The Kier molecular flexibility index (Phi) is 4.22. The van der Waals surface area contributed by atoms with Gasteiger partial charge in [-0.3, -0.25) is 0 Å². The number of anilines is 1. The molecule has 0 radical (unpaired) electrons. The van der Waals surface area contributed by atoms with Gasteiger partial charge in [0.15, 0.2) is 11.5 Å². The van der Waals surface area contributed by atoms with E-state index in [1.807, 2.05) is 37.3 Å². The van der Waals surface area contributed by atoms with Crippen LogP contribution in [0.1, 0.15) is 17.3 Å². The maximum atomic E-state index is 8.69. The van der Waals surface area contributed by atoms with Crippen molar-refractivity contribution in [3.05, 3.63) is 59.0 Å². The van der Waals surface area contributed by atoms with E-state index in [0.29, 0.717) is 29.0 Å². The molecule has 1 N–H and O–H groups in total. The van der Waals surface area contributed by atoms with E-state index in [1.54, 1.807) is 0 Å². The van der Waals surface area contributed by atoms with Crippen LogP contribution in [0.4, 0.5) is 5.82 Å². The molecule has 0 bridgehead atoms. The molecule has 114 valence electrons. The maximum Gasteiger partial charge on any atom is 0.214 e. The fraction of sp³-hybridized carbons (Fsp3) is 0.125. The highest BCUT2D eigenvalue weighted by Crippen LogP contribution is 2.26. The van der Waals surface area contributed by atoms with Gasteiger partial charge in [-0.1, -0.05) is 11.6 Å². The molecular weight excluding hydrogens is 314 g/mol. The van der Waals surface area contributed by atoms with Gasteiger partial charge in [0.1, 0.15) is 11.9 Å². The second-order valence-electron chi connectivity index (χ2n) is 4.78. The van der Waals surface area contributed by atoms with Gasteiger partial charge in [-0.25, -0.2) is 15.0 Å². The molecule has 7 heteroatoms. The summed E-state index contributed by atoms with van der Waals surface area (Å²) in [6.45, 7) is 2.26. The molecule has 3 aromatic rings. The van der Waals surface area contributed by atoms with Gasteiger partial charge < -0.3 is 9.73 Å². The van der Waals surface area contributed by atoms with Crippen LogP contribution in [0.5, 0.6) is 0 Å². The topological polar surface area (TPSA) is 87.6 Å². The van der Waals surface area contributed by atoms with E-state index < -0.39 is 0 Å². The van der Waals surface area contributed by atoms with Crippen molar-refractivity contribution in [2.45, 2.75) is 13.5 Å². The first-order chi connectivity index (χ1) is 11.2. The minimum Gasteiger partial charge on any atom is -0.438 e. The van der Waals surface area contributed by atoms with Crippen LogP contribution in [-0.2, 0) is 6.54 Å². The van der Waals surface area contributed by atoms with Crippen LogP contribution in [0.15, 0.2) is 41.1 Å². The molecule has 0 aliphatic rings. The number of benzene rings is 1. The fourth-order valence-corrected chi connectivity index (χ4v) is 2.17. The van der Waals surface area contributed by atoms with Crippen molar-refractivity contribution in [3.8, 4) is 17.4 Å². The standard InChI is InChI=1S/C16H12ClN5O/c1-10-16(11-2-4-12(17)5-3-11)23-15(22-10)9-21-14-8-19-13(6-18)7-20-14/h2-5,7-8H,9H2,1H3,(H,20,21). The molecule has 3 rings (SSSR count). The third-order valence-electron chi connectivity index (χ3n) is 3.13. The Morgan fingerprint density at radius 1 is 1.22 bits per heavy atom. The number of oxazole rings is 1. The van der Waals surface area contributed by atoms with Gasteiger partial charge in [0.2, 0.25) is 5.89 Å². The van der Waals surface area contributed by atoms with Crippen molar-refractivity contribution in [1.29, 1.82) is 5.26 Å². The third-order valence-corrected chi connectivity index (χ3v) is 3.39. The smallest absolute Gasteiger partial charge is 0.214 e. The molecule has 0 unspecified atom stereocenters. The van der Waals surface area contributed by atoms with Gasteiger partial charge in [-0.2, -0.15) is 5.26 Å². The van der Waals surface area contributed by atoms with Crippen molar-refractivity contribution < 1.29 is 4.42 Å². The number of hydrogen-bond acceptors (Lipinski definition) is 6. The number of aryl methyl sites for hydroxylation is 1. The van der Waals surface area contributed by atoms with Crippen LogP contribution >= 0.6 is 11.6 Å². The van der Waals surface area contributed by atoms with Gasteiger partial charge in [0.25, 0.3) is 0 Å². The lowest BCUT2D eigenvalue weighted by Crippen LogP contribution is -2.02. The van der Waals surface area contributed by atoms with Crippen LogP contribution in [0.2, 0.25) is 5.02 Å². The molecule has 2 heterocycles. The van der Waals surface area contributed by atoms with Crippen LogP contribution in [0.25, 0.3) is 11.3 Å². The monoisotopic (exact) mass is 325 g/mol. The number of hydrogen-bond donors (Lipinski definition) is 1. The lowest BCUT2D eigenvalue weighted by atomic mass is 10.1. The highest BCUT2D eigenvalue weighted by atomic mass is 35.5. The molecule has 0 saturated carbocycles. The molecule has 2 aromatic heterocycles. The SMILES string of the molecule is Cc1nc(CNc2cnc(C#N)cn2)oc1-c1ccc(Cl)cc1. The van der Waals surface area contributed by atoms with Gasteiger partial charge in [0, 0.05) is 10.6 Å². The Morgan fingerprint density at radius 2 is 2.00 bits per heavy atom. The average molecular weight is 326 g/mol. The first-order valence-electron chi connectivity index (χ1n) is 6.84. The molecule has 0 saturated heterocycles. The van der Waals surface area contributed by atoms with E-state index in [0.717, 1.165) is 11.3 Å². The van der Waals surface area contributed by atoms with Crippen molar-refractivity contribution in [3.63, 3.8) is 0 Å². The zero-order chi connectivity index (χ0) is 16.2. The predicted octanol–water partition coefficient (Wildman–Crippen LogP) is 3.58. The highest BCUT2D eigenvalue weighted by Gasteiger charge is 2.11. The van der Waals surface area contributed by atoms with Crippen LogP contribution in [0, 0.1) is 18.3 Å². The number of rotatable bonds is 4. The van der Waals surface area contributed by atoms with Crippen molar-refractivity contribution >= 4 is 17.4 Å². The van der Waals surface area contributed by atoms with E-state index in [9.17, 15) is 0 Å². The summed E-state index contributed by atoms with van der Waals surface area (Å²) in [5.74, 6) is 1.80. The number of aromatic nitrogens is 3. The second-order valence-corrected chi connectivity index (χ2v) is 5.22. The first kappa shape index (κ1) is 15.0. The van der Waals surface area contributed by atoms with E-state index in [-0.39, 0.29) is 5.69 Å². The van der Waals surface area contributed by atoms with Gasteiger partial charge in [-0.15, -0.1) is 0 Å². The summed E-state index contributed by atoms with van der Waals surface area (Å²) in [7, 11) is 0. The summed E-state index contributed by atoms with van der Waals surface area (Å²) in [5, 5.41) is 12.4. The molecule has 0 aliphatic heterocycles. The molecule has 1 aromatic carbocycles. The summed E-state index contributed by atoms with van der Waals surface area (Å²) in [6.07, 6.45) is 2.90. The summed E-state index contributed by atoms with van der Waals surface area (Å²) < 4.78 is 5.79. The molecule has 0 amide bonds. The Bertz CT molecular complexity index is 850. The summed E-state index contributed by atoms with van der Waals surface area (Å²) in [4.78, 5) is 12.4. The summed E-state index contributed by atoms with van der Waals surface area (Å²) in [6, 6.07) is 9.31. The van der Waals surface area contributed by atoms with Crippen molar-refractivity contribution in [1.82, 2.24) is 15.0 Å². The Hall–Kier alpha value is -2.91. The van der Waals surface area contributed by atoms with Crippen LogP contribution < -0.4 is 5.32 Å². The molecule has 0 atom stereocenters. The van der Waals surface area contributed by atoms with E-state index in [4.69, 9.17) is 21.3 Å². The Balaban J connectivity index is 1.73. The average Bonchev–Trinajstić information content (AvgIpc) is 2.95. The van der Waals surface area contributed by atoms with Gasteiger partial charge in [0.05, 0.1) is 24.6 Å². The first-order valence-corrected chi connectivity index (χ1v) is 7.22. The highest BCUT2D eigenvalue weighted by molar-refractivity contribution is 6.30. The minimum absolute atomic E-state index is 0.271. The molecular formula is C16H12ClN5O. The van der Waals surface area contributed by atoms with Gasteiger partial charge in [-0.05, 0) is 31.2 Å². The van der Waals surface area contributed by atoms with Crippen molar-refractivity contribution in [2.24, 2.45) is 0 Å². The summed E-state index contributed by atoms with van der Waals surface area (Å²) >= 11 is 5.89. The summed E-state index contributed by atoms with van der Waals surface area (Å²) in [5.41, 5.74) is 1.99. The normalized spacial score (nSPS) is 10.3. The second kappa shape index (κ2) is 6.46. The van der Waals surface area contributed by atoms with E-state index in [2.05, 4.69) is 20.3 Å². The van der Waals surface area contributed by atoms with Crippen LogP contribution in [-0.4, -0.2) is 15.0 Å². The Morgan fingerprint density at radius 3 is 2.65 bits per heavy atom. The number of nitrogens with one attached hydrogen (secondary N) is 1. The number of halogens is 1. The maximum absolute atomic E-state index is 8.69. The third kappa shape index (κ3) is 3.47. The van der Waals surface area contributed by atoms with Gasteiger partial charge >= 0.3 is 0 Å². The predicted molar refractivity (Wildman–Crippen MR) is 85.8 cm³/mol. The number of nitriles is 1. The molecule has 0 spiro atoms. The quantitative estimate of drug-likeness (QED) is 0.788. The lowest BCUT2D eigenvalue weighted by Gasteiger charge is -2.01. The fourth-order valence-electron chi connectivity index (χ4n) is 2.04. The zero-order valence-corrected chi connectivity index (χ0v) is 13.0. The molecule has 0 aliphatic carbocycles.